The van der Waals surface area contributed by atoms with Crippen LogP contribution in [-0.4, -0.2) is 33.3 Å². The Labute approximate surface area is 142 Å². The van der Waals surface area contributed by atoms with Crippen molar-refractivity contribution in [2.75, 3.05) is 12.3 Å². The summed E-state index contributed by atoms with van der Waals surface area (Å²) in [6, 6.07) is 13.6. The Kier molecular flexibility index (Phi) is 5.12. The third-order valence-corrected chi connectivity index (χ3v) is 4.34. The quantitative estimate of drug-likeness (QED) is 0.600. The van der Waals surface area contributed by atoms with Crippen molar-refractivity contribution in [2.24, 2.45) is 0 Å². The smallest absolute Gasteiger partial charge is 0.230 e. The van der Waals surface area contributed by atoms with Gasteiger partial charge in [-0.1, -0.05) is 42.1 Å². The molecule has 0 saturated carbocycles. The van der Waals surface area contributed by atoms with Gasteiger partial charge in [0.05, 0.1) is 22.9 Å². The maximum absolute atomic E-state index is 13.5. The number of aromatic nitrogens is 2. The van der Waals surface area contributed by atoms with Crippen LogP contribution in [0.2, 0.25) is 0 Å². The van der Waals surface area contributed by atoms with Gasteiger partial charge in [0.1, 0.15) is 5.82 Å². The highest BCUT2D eigenvalue weighted by Crippen LogP contribution is 2.19. The second-order valence-corrected chi connectivity index (χ2v) is 6.15. The van der Waals surface area contributed by atoms with Gasteiger partial charge in [-0.05, 0) is 18.2 Å². The number of carbonyl (C=O) groups is 1. The van der Waals surface area contributed by atoms with Crippen molar-refractivity contribution in [3.05, 3.63) is 59.9 Å². The molecule has 1 unspecified atom stereocenters. The fraction of sp³-hybridized carbons (Fsp3) is 0.176. The second-order valence-electron chi connectivity index (χ2n) is 5.19. The Morgan fingerprint density at radius 1 is 1.25 bits per heavy atom. The van der Waals surface area contributed by atoms with Crippen LogP contribution in [0.25, 0.3) is 11.0 Å². The molecule has 0 fully saturated rings. The van der Waals surface area contributed by atoms with Crippen molar-refractivity contribution in [1.82, 2.24) is 15.3 Å². The molecular weight excluding hydrogens is 329 g/mol. The van der Waals surface area contributed by atoms with Crippen molar-refractivity contribution >= 4 is 28.7 Å². The number of nitrogens with one attached hydrogen (secondary N) is 2. The summed E-state index contributed by atoms with van der Waals surface area (Å²) in [7, 11) is 0. The normalized spacial score (nSPS) is 12.2. The number of carbonyl (C=O) groups excluding carboxylic acids is 1. The van der Waals surface area contributed by atoms with Gasteiger partial charge in [-0.3, -0.25) is 4.79 Å². The van der Waals surface area contributed by atoms with Crippen molar-refractivity contribution in [2.45, 2.75) is 11.3 Å². The second kappa shape index (κ2) is 7.46. The number of hydrogen-bond donors (Lipinski definition) is 3. The van der Waals surface area contributed by atoms with Gasteiger partial charge in [-0.2, -0.15) is 0 Å². The molecule has 0 bridgehead atoms. The number of para-hydroxylation sites is 2. The number of aliphatic hydroxyl groups is 1. The highest BCUT2D eigenvalue weighted by Gasteiger charge is 2.14. The lowest BCUT2D eigenvalue weighted by Gasteiger charge is -2.12. The van der Waals surface area contributed by atoms with E-state index in [0.717, 1.165) is 11.0 Å². The summed E-state index contributed by atoms with van der Waals surface area (Å²) in [6.07, 6.45) is -1.08. The molecule has 1 heterocycles. The molecule has 5 nitrogen and oxygen atoms in total. The number of amides is 1. The Balaban J connectivity index is 1.50. The van der Waals surface area contributed by atoms with Crippen LogP contribution in [0.5, 0.6) is 0 Å². The van der Waals surface area contributed by atoms with Gasteiger partial charge < -0.3 is 15.4 Å². The van der Waals surface area contributed by atoms with Crippen LogP contribution in [-0.2, 0) is 4.79 Å². The highest BCUT2D eigenvalue weighted by molar-refractivity contribution is 7.99. The van der Waals surface area contributed by atoms with E-state index in [1.807, 2.05) is 24.3 Å². The number of imidazole rings is 1. The number of benzene rings is 2. The number of thioether (sulfide) groups is 1. The Morgan fingerprint density at radius 3 is 2.79 bits per heavy atom. The van der Waals surface area contributed by atoms with Gasteiger partial charge in [-0.25, -0.2) is 9.37 Å². The van der Waals surface area contributed by atoms with Crippen LogP contribution in [0, 0.1) is 5.82 Å². The molecule has 1 amide bonds. The summed E-state index contributed by atoms with van der Waals surface area (Å²) < 4.78 is 13.5. The molecule has 0 radical (unpaired) electrons. The van der Waals surface area contributed by atoms with E-state index in [1.165, 1.54) is 23.9 Å². The molecular formula is C17H16FN3O2S. The first-order chi connectivity index (χ1) is 11.6. The SMILES string of the molecule is O=C(CSc1nc2ccccc2[nH]1)NCC(O)c1ccccc1F. The standard InChI is InChI=1S/C17H16FN3O2S/c18-12-6-2-1-5-11(12)15(22)9-19-16(23)10-24-17-20-13-7-3-4-8-14(13)21-17/h1-8,15,22H,9-10H2,(H,19,23)(H,20,21). The lowest BCUT2D eigenvalue weighted by Crippen LogP contribution is -2.30. The van der Waals surface area contributed by atoms with Gasteiger partial charge >= 0.3 is 0 Å². The summed E-state index contributed by atoms with van der Waals surface area (Å²) in [5.74, 6) is -0.587. The van der Waals surface area contributed by atoms with Gasteiger partial charge in [0.25, 0.3) is 0 Å². The first kappa shape index (κ1) is 16.5. The molecule has 0 aliphatic carbocycles. The third-order valence-electron chi connectivity index (χ3n) is 3.46. The van der Waals surface area contributed by atoms with Gasteiger partial charge in [0, 0.05) is 12.1 Å². The topological polar surface area (TPSA) is 78.0 Å². The number of aromatic amines is 1. The highest BCUT2D eigenvalue weighted by atomic mass is 32.2. The van der Waals surface area contributed by atoms with E-state index in [-0.39, 0.29) is 23.8 Å². The maximum Gasteiger partial charge on any atom is 0.230 e. The van der Waals surface area contributed by atoms with Crippen molar-refractivity contribution in [1.29, 1.82) is 0 Å². The van der Waals surface area contributed by atoms with E-state index in [1.54, 1.807) is 12.1 Å². The predicted octanol–water partition coefficient (Wildman–Crippen LogP) is 2.64. The van der Waals surface area contributed by atoms with Crippen LogP contribution < -0.4 is 5.32 Å². The van der Waals surface area contributed by atoms with Crippen LogP contribution in [0.3, 0.4) is 0 Å². The van der Waals surface area contributed by atoms with Crippen molar-refractivity contribution in [3.63, 3.8) is 0 Å². The van der Waals surface area contributed by atoms with Gasteiger partial charge in [0.15, 0.2) is 5.16 Å². The minimum Gasteiger partial charge on any atom is -0.386 e. The molecule has 1 aromatic heterocycles. The van der Waals surface area contributed by atoms with Crippen LogP contribution in [0.1, 0.15) is 11.7 Å². The van der Waals surface area contributed by atoms with Gasteiger partial charge in [-0.15, -0.1) is 0 Å². The zero-order valence-corrected chi connectivity index (χ0v) is 13.5. The molecule has 0 aliphatic heterocycles. The Bertz CT molecular complexity index is 819. The molecule has 3 aromatic rings. The zero-order valence-electron chi connectivity index (χ0n) is 12.7. The third kappa shape index (κ3) is 3.93. The van der Waals surface area contributed by atoms with E-state index in [2.05, 4.69) is 15.3 Å². The van der Waals surface area contributed by atoms with E-state index in [9.17, 15) is 14.3 Å². The number of rotatable bonds is 6. The number of nitrogens with zero attached hydrogens (tertiary/aromatic N) is 1. The molecule has 0 spiro atoms. The van der Waals surface area contributed by atoms with Crippen LogP contribution >= 0.6 is 11.8 Å². The molecule has 3 rings (SSSR count). The fourth-order valence-corrected chi connectivity index (χ4v) is 2.96. The average molecular weight is 345 g/mol. The zero-order chi connectivity index (χ0) is 16.9. The van der Waals surface area contributed by atoms with Crippen LogP contribution in [0.4, 0.5) is 4.39 Å². The van der Waals surface area contributed by atoms with E-state index in [4.69, 9.17) is 0 Å². The summed E-state index contributed by atoms with van der Waals surface area (Å²) in [6.45, 7) is -0.0412. The van der Waals surface area contributed by atoms with E-state index < -0.39 is 11.9 Å². The number of H-pyrrole nitrogens is 1. The number of halogens is 1. The average Bonchev–Trinajstić information content (AvgIpc) is 3.01. The van der Waals surface area contributed by atoms with Gasteiger partial charge in [0.2, 0.25) is 5.91 Å². The Hall–Kier alpha value is -2.38. The minimum atomic E-state index is -1.08. The maximum atomic E-state index is 13.5. The van der Waals surface area contributed by atoms with E-state index >= 15 is 0 Å². The Morgan fingerprint density at radius 2 is 2.00 bits per heavy atom. The van der Waals surface area contributed by atoms with Crippen molar-refractivity contribution < 1.29 is 14.3 Å². The largest absolute Gasteiger partial charge is 0.386 e. The molecule has 124 valence electrons. The minimum absolute atomic E-state index is 0.0412. The summed E-state index contributed by atoms with van der Waals surface area (Å²) in [5.41, 5.74) is 1.92. The number of aliphatic hydroxyl groups excluding tert-OH is 1. The summed E-state index contributed by atoms with van der Waals surface area (Å²) in [4.78, 5) is 19.4. The molecule has 3 N–H and O–H groups in total. The fourth-order valence-electron chi connectivity index (χ4n) is 2.25. The molecule has 7 heteroatoms. The van der Waals surface area contributed by atoms with E-state index in [0.29, 0.717) is 5.16 Å². The summed E-state index contributed by atoms with van der Waals surface area (Å²) >= 11 is 1.27. The lowest BCUT2D eigenvalue weighted by molar-refractivity contribution is -0.119. The van der Waals surface area contributed by atoms with Crippen molar-refractivity contribution in [3.8, 4) is 0 Å². The molecule has 0 saturated heterocycles. The first-order valence-electron chi connectivity index (χ1n) is 7.40. The monoisotopic (exact) mass is 345 g/mol. The molecule has 1 atom stereocenters. The molecule has 24 heavy (non-hydrogen) atoms. The lowest BCUT2D eigenvalue weighted by atomic mass is 10.1. The summed E-state index contributed by atoms with van der Waals surface area (Å²) in [5, 5.41) is 13.2. The predicted molar refractivity (Wildman–Crippen MR) is 91.2 cm³/mol. The van der Waals surface area contributed by atoms with Crippen LogP contribution in [0.15, 0.2) is 53.7 Å². The molecule has 0 aliphatic rings. The first-order valence-corrected chi connectivity index (χ1v) is 8.39. The molecule has 2 aromatic carbocycles. The number of hydrogen-bond acceptors (Lipinski definition) is 4. The number of fused-ring (bicyclic) bond motifs is 1.